The first-order chi connectivity index (χ1) is 6.02. The van der Waals surface area contributed by atoms with Crippen LogP contribution in [0, 0.1) is 11.8 Å². The van der Waals surface area contributed by atoms with Gasteiger partial charge in [0.25, 0.3) is 0 Å². The van der Waals surface area contributed by atoms with Crippen molar-refractivity contribution in [2.24, 2.45) is 11.8 Å². The Bertz CT molecular complexity index is 123. The lowest BCUT2D eigenvalue weighted by Gasteiger charge is -2.26. The Hall–Kier alpha value is -0.0800. The van der Waals surface area contributed by atoms with Crippen LogP contribution in [0.2, 0.25) is 0 Å². The molecule has 0 radical (unpaired) electrons. The second kappa shape index (κ2) is 6.39. The zero-order valence-corrected chi connectivity index (χ0v) is 9.58. The van der Waals surface area contributed by atoms with E-state index in [-0.39, 0.29) is 12.2 Å². The summed E-state index contributed by atoms with van der Waals surface area (Å²) in [7, 11) is 1.67. The highest BCUT2D eigenvalue weighted by atomic mass is 16.5. The van der Waals surface area contributed by atoms with Crippen LogP contribution in [0.25, 0.3) is 0 Å². The van der Waals surface area contributed by atoms with Crippen LogP contribution >= 0.6 is 0 Å². The first-order valence-corrected chi connectivity index (χ1v) is 5.23. The zero-order valence-electron chi connectivity index (χ0n) is 9.58. The number of hydrogen-bond acceptors (Lipinski definition) is 2. The van der Waals surface area contributed by atoms with Crippen molar-refractivity contribution in [3.8, 4) is 0 Å². The van der Waals surface area contributed by atoms with Crippen molar-refractivity contribution in [3.05, 3.63) is 0 Å². The maximum atomic E-state index is 9.86. The molecule has 0 aromatic carbocycles. The van der Waals surface area contributed by atoms with E-state index >= 15 is 0 Å². The molecule has 3 unspecified atom stereocenters. The highest BCUT2D eigenvalue weighted by Crippen LogP contribution is 2.18. The third-order valence-electron chi connectivity index (χ3n) is 2.65. The van der Waals surface area contributed by atoms with Gasteiger partial charge in [0, 0.05) is 7.11 Å². The Morgan fingerprint density at radius 2 is 1.77 bits per heavy atom. The molecule has 0 aliphatic carbocycles. The SMILES string of the molecule is CCC(C)CC(O)C(OC)C(C)C. The molecule has 0 aliphatic heterocycles. The lowest BCUT2D eigenvalue weighted by molar-refractivity contribution is -0.0463. The molecule has 0 fully saturated rings. The number of aliphatic hydroxyl groups excluding tert-OH is 1. The van der Waals surface area contributed by atoms with Crippen LogP contribution in [-0.4, -0.2) is 24.4 Å². The fourth-order valence-corrected chi connectivity index (χ4v) is 1.59. The first-order valence-electron chi connectivity index (χ1n) is 5.23. The van der Waals surface area contributed by atoms with Gasteiger partial charge < -0.3 is 9.84 Å². The molecule has 0 spiro atoms. The van der Waals surface area contributed by atoms with Crippen molar-refractivity contribution in [1.29, 1.82) is 0 Å². The van der Waals surface area contributed by atoms with E-state index in [1.165, 1.54) is 0 Å². The molecule has 1 N–H and O–H groups in total. The largest absolute Gasteiger partial charge is 0.390 e. The molecule has 0 bridgehead atoms. The van der Waals surface area contributed by atoms with E-state index < -0.39 is 0 Å². The fraction of sp³-hybridized carbons (Fsp3) is 1.00. The summed E-state index contributed by atoms with van der Waals surface area (Å²) in [5, 5.41) is 9.86. The molecule has 2 nitrogen and oxygen atoms in total. The molecule has 13 heavy (non-hydrogen) atoms. The molecule has 0 aromatic heterocycles. The number of ether oxygens (including phenoxy) is 1. The van der Waals surface area contributed by atoms with Crippen molar-refractivity contribution in [2.75, 3.05) is 7.11 Å². The molecule has 0 saturated carbocycles. The topological polar surface area (TPSA) is 29.5 Å². The third-order valence-corrected chi connectivity index (χ3v) is 2.65. The van der Waals surface area contributed by atoms with Gasteiger partial charge in [-0.15, -0.1) is 0 Å². The number of methoxy groups -OCH3 is 1. The van der Waals surface area contributed by atoms with E-state index in [4.69, 9.17) is 4.74 Å². The molecular formula is C11H24O2. The normalized spacial score (nSPS) is 18.7. The summed E-state index contributed by atoms with van der Waals surface area (Å²) < 4.78 is 5.27. The molecule has 0 amide bonds. The molecule has 0 aliphatic rings. The standard InChI is InChI=1S/C11H24O2/c1-6-9(4)7-10(12)11(13-5)8(2)3/h8-12H,6-7H2,1-5H3. The monoisotopic (exact) mass is 188 g/mol. The molecule has 0 aromatic rings. The van der Waals surface area contributed by atoms with Crippen LogP contribution in [0.15, 0.2) is 0 Å². The third kappa shape index (κ3) is 4.63. The minimum absolute atomic E-state index is 0.0194. The van der Waals surface area contributed by atoms with Crippen LogP contribution in [0.1, 0.15) is 40.5 Å². The van der Waals surface area contributed by atoms with Gasteiger partial charge in [-0.2, -0.15) is 0 Å². The van der Waals surface area contributed by atoms with E-state index in [0.717, 1.165) is 12.8 Å². The molecule has 80 valence electrons. The fourth-order valence-electron chi connectivity index (χ4n) is 1.59. The van der Waals surface area contributed by atoms with E-state index in [9.17, 15) is 5.11 Å². The van der Waals surface area contributed by atoms with Crippen molar-refractivity contribution in [3.63, 3.8) is 0 Å². The van der Waals surface area contributed by atoms with Gasteiger partial charge in [-0.1, -0.05) is 34.1 Å². The van der Waals surface area contributed by atoms with Gasteiger partial charge in [-0.3, -0.25) is 0 Å². The Morgan fingerprint density at radius 3 is 2.08 bits per heavy atom. The van der Waals surface area contributed by atoms with E-state index in [0.29, 0.717) is 11.8 Å². The Labute approximate surface area is 82.3 Å². The quantitative estimate of drug-likeness (QED) is 0.694. The number of rotatable bonds is 6. The Kier molecular flexibility index (Phi) is 6.35. The minimum Gasteiger partial charge on any atom is -0.390 e. The predicted octanol–water partition coefficient (Wildman–Crippen LogP) is 2.45. The summed E-state index contributed by atoms with van der Waals surface area (Å²) in [5.41, 5.74) is 0. The van der Waals surface area contributed by atoms with E-state index in [1.54, 1.807) is 7.11 Å². The molecular weight excluding hydrogens is 164 g/mol. The van der Waals surface area contributed by atoms with Crippen molar-refractivity contribution < 1.29 is 9.84 Å². The average Bonchev–Trinajstić information content (AvgIpc) is 2.04. The zero-order chi connectivity index (χ0) is 10.4. The summed E-state index contributed by atoms with van der Waals surface area (Å²) >= 11 is 0. The minimum atomic E-state index is -0.319. The van der Waals surface area contributed by atoms with Crippen molar-refractivity contribution >= 4 is 0 Å². The summed E-state index contributed by atoms with van der Waals surface area (Å²) in [5.74, 6) is 0.954. The number of aliphatic hydroxyl groups is 1. The van der Waals surface area contributed by atoms with Crippen LogP contribution in [0.3, 0.4) is 0 Å². The van der Waals surface area contributed by atoms with Gasteiger partial charge >= 0.3 is 0 Å². The van der Waals surface area contributed by atoms with Crippen molar-refractivity contribution in [2.45, 2.75) is 52.7 Å². The summed E-state index contributed by atoms with van der Waals surface area (Å²) in [4.78, 5) is 0. The maximum absolute atomic E-state index is 9.86. The number of hydrogen-bond donors (Lipinski definition) is 1. The summed E-state index contributed by atoms with van der Waals surface area (Å²) in [6, 6.07) is 0. The Balaban J connectivity index is 3.97. The molecule has 0 saturated heterocycles. The van der Waals surface area contributed by atoms with E-state index in [2.05, 4.69) is 27.7 Å². The van der Waals surface area contributed by atoms with Gasteiger partial charge in [-0.25, -0.2) is 0 Å². The smallest absolute Gasteiger partial charge is 0.0853 e. The highest BCUT2D eigenvalue weighted by molar-refractivity contribution is 4.73. The molecule has 0 heterocycles. The highest BCUT2D eigenvalue weighted by Gasteiger charge is 2.23. The van der Waals surface area contributed by atoms with Gasteiger partial charge in [0.1, 0.15) is 0 Å². The lowest BCUT2D eigenvalue weighted by Crippen LogP contribution is -2.34. The molecule has 0 rings (SSSR count). The average molecular weight is 188 g/mol. The van der Waals surface area contributed by atoms with Gasteiger partial charge in [0.15, 0.2) is 0 Å². The van der Waals surface area contributed by atoms with Gasteiger partial charge in [-0.05, 0) is 18.3 Å². The van der Waals surface area contributed by atoms with Crippen LogP contribution in [-0.2, 0) is 4.74 Å². The molecule has 3 atom stereocenters. The van der Waals surface area contributed by atoms with Crippen LogP contribution in [0.5, 0.6) is 0 Å². The van der Waals surface area contributed by atoms with E-state index in [1.807, 2.05) is 0 Å². The van der Waals surface area contributed by atoms with Crippen LogP contribution in [0.4, 0.5) is 0 Å². The maximum Gasteiger partial charge on any atom is 0.0853 e. The second-order valence-corrected chi connectivity index (χ2v) is 4.26. The van der Waals surface area contributed by atoms with Gasteiger partial charge in [0.05, 0.1) is 12.2 Å². The predicted molar refractivity (Wildman–Crippen MR) is 55.7 cm³/mol. The second-order valence-electron chi connectivity index (χ2n) is 4.26. The summed E-state index contributed by atoms with van der Waals surface area (Å²) in [6.45, 7) is 8.47. The van der Waals surface area contributed by atoms with Crippen LogP contribution < -0.4 is 0 Å². The molecule has 2 heteroatoms. The Morgan fingerprint density at radius 1 is 1.23 bits per heavy atom. The van der Waals surface area contributed by atoms with Crippen molar-refractivity contribution in [1.82, 2.24) is 0 Å². The summed E-state index contributed by atoms with van der Waals surface area (Å²) in [6.07, 6.45) is 1.62. The first kappa shape index (κ1) is 12.9. The lowest BCUT2D eigenvalue weighted by atomic mass is 9.93. The van der Waals surface area contributed by atoms with Gasteiger partial charge in [0.2, 0.25) is 0 Å².